The number of nitrogens with one attached hydrogen (secondary N) is 1. The van der Waals surface area contributed by atoms with Crippen molar-refractivity contribution in [3.8, 4) is 0 Å². The van der Waals surface area contributed by atoms with Crippen LogP contribution in [0.1, 0.15) is 6.92 Å². The van der Waals surface area contributed by atoms with Crippen molar-refractivity contribution in [2.24, 2.45) is 0 Å². The highest BCUT2D eigenvalue weighted by Gasteiger charge is 2.00. The van der Waals surface area contributed by atoms with E-state index in [1.165, 1.54) is 0 Å². The Kier molecular flexibility index (Phi) is 8.37. The van der Waals surface area contributed by atoms with Gasteiger partial charge in [-0.05, 0) is 13.0 Å². The van der Waals surface area contributed by atoms with Crippen LogP contribution >= 0.6 is 0 Å². The number of anilines is 1. The summed E-state index contributed by atoms with van der Waals surface area (Å²) in [5.74, 6) is 1.12. The number of halogens is 2. The van der Waals surface area contributed by atoms with Gasteiger partial charge < -0.3 is 30.5 Å². The highest BCUT2D eigenvalue weighted by molar-refractivity contribution is 5.33. The fourth-order valence-electron chi connectivity index (χ4n) is 0.796. The first-order valence-electron chi connectivity index (χ1n) is 3.43. The van der Waals surface area contributed by atoms with Gasteiger partial charge in [-0.15, -0.1) is 0 Å². The number of pyridine rings is 1. The van der Waals surface area contributed by atoms with Crippen LogP contribution in [-0.2, 0) is 0 Å². The van der Waals surface area contributed by atoms with E-state index in [0.29, 0.717) is 0 Å². The van der Waals surface area contributed by atoms with Crippen molar-refractivity contribution in [1.82, 2.24) is 0 Å². The van der Waals surface area contributed by atoms with E-state index in [1.807, 2.05) is 12.1 Å². The molecule has 0 saturated carbocycles. The van der Waals surface area contributed by atoms with Gasteiger partial charge in [0.2, 0.25) is 0 Å². The first-order chi connectivity index (χ1) is 4.83. The summed E-state index contributed by atoms with van der Waals surface area (Å²) in [6.07, 6.45) is 1.79. The van der Waals surface area contributed by atoms with Crippen LogP contribution in [0.15, 0.2) is 18.3 Å². The molecule has 0 aliphatic heterocycles. The van der Waals surface area contributed by atoms with Gasteiger partial charge in [0.15, 0.2) is 6.20 Å². The van der Waals surface area contributed by atoms with E-state index < -0.39 is 0 Å². The summed E-state index contributed by atoms with van der Waals surface area (Å²) in [4.78, 5) is 3.06. The number of rotatable bonds is 2. The second kappa shape index (κ2) is 7.16. The van der Waals surface area contributed by atoms with Gasteiger partial charge in [-0.25, -0.2) is 0 Å². The third-order valence-corrected chi connectivity index (χ3v) is 1.28. The summed E-state index contributed by atoms with van der Waals surface area (Å²) in [7, 11) is 0. The lowest BCUT2D eigenvalue weighted by Gasteiger charge is -1.88. The fraction of sp³-hybridized carbons (Fsp3) is 0.286. The normalized spacial score (nSPS) is 8.08. The van der Waals surface area contributed by atoms with Gasteiger partial charge in [-0.2, -0.15) is 4.98 Å². The molecule has 3 nitrogen and oxygen atoms in total. The predicted molar refractivity (Wildman–Crippen MR) is 39.5 cm³/mol. The number of hydrogen-bond acceptors (Lipinski definition) is 1. The smallest absolute Gasteiger partial charge is 0.363 e. The number of nitrogen functional groups attached to an aromatic ring is 1. The number of hydrogen-bond donors (Lipinski definition) is 2. The standard InChI is InChI=1S/C7H11N3.2ClH/c1-2-9-7-4-3-6(8)5-10-7;;/h3-5H,2,8H2,1H3,(H,9,10);2*1H. The molecular formula is C7H13Cl2N3. The Balaban J connectivity index is 0. The molecule has 0 spiro atoms. The summed E-state index contributed by atoms with van der Waals surface area (Å²) in [6.45, 7) is 3.14. The summed E-state index contributed by atoms with van der Waals surface area (Å²) in [5.41, 5.74) is 6.25. The van der Waals surface area contributed by atoms with Gasteiger partial charge >= 0.3 is 5.82 Å². The summed E-state index contributed by atoms with van der Waals surface area (Å²) < 4.78 is 0. The molecule has 0 amide bonds. The molecule has 0 fully saturated rings. The zero-order chi connectivity index (χ0) is 7.40. The molecule has 1 heterocycles. The third kappa shape index (κ3) is 4.38. The lowest BCUT2D eigenvalue weighted by Crippen LogP contribution is -3.00. The van der Waals surface area contributed by atoms with E-state index in [2.05, 4.69) is 17.2 Å². The summed E-state index contributed by atoms with van der Waals surface area (Å²) in [5, 5.41) is 2.11. The van der Waals surface area contributed by atoms with Gasteiger partial charge in [-0.1, -0.05) is 0 Å². The van der Waals surface area contributed by atoms with Gasteiger partial charge in [0.05, 0.1) is 18.3 Å². The highest BCUT2D eigenvalue weighted by atomic mass is 35.5. The monoisotopic (exact) mass is 209 g/mol. The van der Waals surface area contributed by atoms with E-state index in [4.69, 9.17) is 5.73 Å². The van der Waals surface area contributed by atoms with Gasteiger partial charge in [0.25, 0.3) is 0 Å². The number of aromatic amines is 1. The number of quaternary nitrogens is 1. The minimum absolute atomic E-state index is 0. The fourth-order valence-corrected chi connectivity index (χ4v) is 0.796. The molecule has 0 atom stereocenters. The van der Waals surface area contributed by atoms with E-state index in [-0.39, 0.29) is 24.8 Å². The number of H-pyrrole nitrogens is 1. The first kappa shape index (κ1) is 14.0. The minimum Gasteiger partial charge on any atom is -1.00 e. The van der Waals surface area contributed by atoms with Crippen molar-refractivity contribution in [1.29, 1.82) is 0 Å². The lowest BCUT2D eigenvalue weighted by molar-refractivity contribution is -0.644. The van der Waals surface area contributed by atoms with Crippen LogP contribution in [0.25, 0.3) is 0 Å². The topological polar surface area (TPSA) is 56.8 Å². The zero-order valence-corrected chi connectivity index (χ0v) is 8.36. The molecule has 70 valence electrons. The molecule has 12 heavy (non-hydrogen) atoms. The zero-order valence-electron chi connectivity index (χ0n) is 6.85. The minimum atomic E-state index is 0. The van der Waals surface area contributed by atoms with Crippen LogP contribution in [0, 0.1) is 0 Å². The summed E-state index contributed by atoms with van der Waals surface area (Å²) in [6, 6.07) is 3.86. The van der Waals surface area contributed by atoms with E-state index in [1.54, 1.807) is 6.20 Å². The van der Waals surface area contributed by atoms with Crippen molar-refractivity contribution in [3.63, 3.8) is 0 Å². The Morgan fingerprint density at radius 3 is 2.50 bits per heavy atom. The quantitative estimate of drug-likeness (QED) is 0.501. The molecule has 0 radical (unpaired) electrons. The molecule has 5 heteroatoms. The molecule has 0 unspecified atom stereocenters. The van der Waals surface area contributed by atoms with Crippen molar-refractivity contribution < 1.29 is 35.1 Å². The summed E-state index contributed by atoms with van der Waals surface area (Å²) >= 11 is 0. The Morgan fingerprint density at radius 1 is 1.42 bits per heavy atom. The van der Waals surface area contributed by atoms with Gasteiger partial charge in [0, 0.05) is 0 Å². The second-order valence-corrected chi connectivity index (χ2v) is 2.19. The predicted octanol–water partition coefficient (Wildman–Crippen LogP) is -6.69. The molecule has 0 aliphatic carbocycles. The van der Waals surface area contributed by atoms with E-state index in [9.17, 15) is 0 Å². The third-order valence-electron chi connectivity index (χ3n) is 1.28. The Bertz CT molecular complexity index is 200. The van der Waals surface area contributed by atoms with Crippen LogP contribution in [-0.4, -0.2) is 6.54 Å². The molecular weight excluding hydrogens is 197 g/mol. The van der Waals surface area contributed by atoms with Crippen LogP contribution in [0.5, 0.6) is 0 Å². The molecule has 1 rings (SSSR count). The van der Waals surface area contributed by atoms with Crippen molar-refractivity contribution >= 4 is 11.5 Å². The van der Waals surface area contributed by atoms with Crippen LogP contribution in [0.3, 0.4) is 0 Å². The Hall–Kier alpha value is -0.510. The maximum absolute atomic E-state index is 5.48. The lowest BCUT2D eigenvalue weighted by atomic mass is 10.4. The molecule has 0 bridgehead atoms. The second-order valence-electron chi connectivity index (χ2n) is 2.19. The van der Waals surface area contributed by atoms with Crippen molar-refractivity contribution in [3.05, 3.63) is 18.3 Å². The number of aromatic nitrogens is 1. The Morgan fingerprint density at radius 2 is 2.08 bits per heavy atom. The molecule has 1 aromatic heterocycles. The van der Waals surface area contributed by atoms with Crippen molar-refractivity contribution in [2.45, 2.75) is 6.92 Å². The van der Waals surface area contributed by atoms with Gasteiger partial charge in [-0.3, -0.25) is 5.32 Å². The SMILES string of the molecule is CC[NH2+]c1ccc(N)c[nH+]1.[Cl-].[Cl-]. The first-order valence-corrected chi connectivity index (χ1v) is 3.43. The van der Waals surface area contributed by atoms with Crippen LogP contribution in [0.4, 0.5) is 11.5 Å². The highest BCUT2D eigenvalue weighted by Crippen LogP contribution is 1.95. The molecule has 0 aromatic carbocycles. The average Bonchev–Trinajstić information content (AvgIpc) is 1.95. The largest absolute Gasteiger partial charge is 1.00 e. The average molecular weight is 210 g/mol. The maximum Gasteiger partial charge on any atom is 0.363 e. The van der Waals surface area contributed by atoms with Crippen LogP contribution < -0.4 is 40.8 Å². The molecule has 0 saturated heterocycles. The molecule has 1 aromatic rings. The van der Waals surface area contributed by atoms with Crippen LogP contribution in [0.2, 0.25) is 0 Å². The van der Waals surface area contributed by atoms with Gasteiger partial charge in [0.1, 0.15) is 0 Å². The van der Waals surface area contributed by atoms with E-state index >= 15 is 0 Å². The maximum atomic E-state index is 5.48. The Labute approximate surface area is 84.6 Å². The van der Waals surface area contributed by atoms with E-state index in [0.717, 1.165) is 18.1 Å². The van der Waals surface area contributed by atoms with Crippen molar-refractivity contribution in [2.75, 3.05) is 12.3 Å². The number of nitrogens with two attached hydrogens (primary N) is 2. The molecule has 5 N–H and O–H groups in total. The molecule has 0 aliphatic rings.